The third kappa shape index (κ3) is 3.73. The highest BCUT2D eigenvalue weighted by Gasteiger charge is 2.14. The number of carbonyl (C=O) groups excluding carboxylic acids is 1. The quantitative estimate of drug-likeness (QED) is 0.778. The second-order valence-corrected chi connectivity index (χ2v) is 4.89. The van der Waals surface area contributed by atoms with Gasteiger partial charge in [0.15, 0.2) is 0 Å². The molecule has 1 amide bonds. The minimum atomic E-state index is -0.161. The molecule has 0 N–H and O–H groups in total. The molecule has 1 heterocycles. The number of hydroxylamine groups is 2. The van der Waals surface area contributed by atoms with Crippen LogP contribution in [0.15, 0.2) is 24.3 Å². The maximum absolute atomic E-state index is 11.8. The second kappa shape index (κ2) is 6.23. The van der Waals surface area contributed by atoms with Gasteiger partial charge in [-0.15, -0.1) is 0 Å². The van der Waals surface area contributed by atoms with Gasteiger partial charge < -0.3 is 0 Å². The van der Waals surface area contributed by atoms with Crippen LogP contribution in [0.4, 0.5) is 0 Å². The smallest absolute Gasteiger partial charge is 0.270 e. The van der Waals surface area contributed by atoms with Gasteiger partial charge in [0.25, 0.3) is 5.91 Å². The van der Waals surface area contributed by atoms with Crippen LogP contribution in [0.25, 0.3) is 6.08 Å². The number of hydrogen-bond donors (Lipinski definition) is 0. The molecule has 0 radical (unpaired) electrons. The lowest BCUT2D eigenvalue weighted by atomic mass is 10.2. The summed E-state index contributed by atoms with van der Waals surface area (Å²) >= 11 is 11.8. The number of hydrogen-bond acceptors (Lipinski definition) is 2. The predicted molar refractivity (Wildman–Crippen MR) is 72.4 cm³/mol. The van der Waals surface area contributed by atoms with E-state index >= 15 is 0 Å². The summed E-state index contributed by atoms with van der Waals surface area (Å²) in [6.45, 7) is 1.24. The maximum Gasteiger partial charge on any atom is 0.270 e. The fraction of sp³-hybridized carbons (Fsp3) is 0.308. The standard InChI is InChI=1S/C13H13Cl2NO2/c14-11-7-10(8-12(15)9-11)3-4-13(17)16-5-1-2-6-18-16/h3-4,7-9H,1-2,5-6H2/b4-3+. The van der Waals surface area contributed by atoms with Gasteiger partial charge in [-0.05, 0) is 42.7 Å². The van der Waals surface area contributed by atoms with Gasteiger partial charge in [0.1, 0.15) is 0 Å². The average molecular weight is 286 g/mol. The highest BCUT2D eigenvalue weighted by atomic mass is 35.5. The van der Waals surface area contributed by atoms with Crippen LogP contribution in [-0.4, -0.2) is 24.1 Å². The normalized spacial score (nSPS) is 16.2. The van der Waals surface area contributed by atoms with Gasteiger partial charge in [0.05, 0.1) is 6.61 Å². The SMILES string of the molecule is O=C(/C=C/c1cc(Cl)cc(Cl)c1)N1CCCCO1. The highest BCUT2D eigenvalue weighted by Crippen LogP contribution is 2.20. The lowest BCUT2D eigenvalue weighted by Gasteiger charge is -2.24. The molecular weight excluding hydrogens is 273 g/mol. The Kier molecular flexibility index (Phi) is 4.64. The van der Waals surface area contributed by atoms with E-state index in [0.717, 1.165) is 18.4 Å². The Hall–Kier alpha value is -1.03. The van der Waals surface area contributed by atoms with E-state index in [0.29, 0.717) is 23.2 Å². The van der Waals surface area contributed by atoms with Crippen molar-refractivity contribution in [1.82, 2.24) is 5.06 Å². The topological polar surface area (TPSA) is 29.5 Å². The van der Waals surface area contributed by atoms with Crippen molar-refractivity contribution in [1.29, 1.82) is 0 Å². The first-order chi connectivity index (χ1) is 8.65. The Bertz CT molecular complexity index is 448. The molecule has 96 valence electrons. The molecule has 0 bridgehead atoms. The van der Waals surface area contributed by atoms with Crippen molar-refractivity contribution in [3.05, 3.63) is 39.9 Å². The molecule has 2 rings (SSSR count). The van der Waals surface area contributed by atoms with Crippen LogP contribution in [0, 0.1) is 0 Å². The number of halogens is 2. The molecule has 1 aromatic carbocycles. The molecule has 0 saturated carbocycles. The Morgan fingerprint density at radius 1 is 1.22 bits per heavy atom. The van der Waals surface area contributed by atoms with Crippen molar-refractivity contribution < 1.29 is 9.63 Å². The number of amides is 1. The van der Waals surface area contributed by atoms with E-state index in [2.05, 4.69) is 0 Å². The molecule has 1 saturated heterocycles. The second-order valence-electron chi connectivity index (χ2n) is 4.02. The zero-order valence-corrected chi connectivity index (χ0v) is 11.2. The molecule has 0 unspecified atom stereocenters. The Labute approximate surface area is 116 Å². The molecule has 1 fully saturated rings. The predicted octanol–water partition coefficient (Wildman–Crippen LogP) is 3.56. The Morgan fingerprint density at radius 3 is 2.56 bits per heavy atom. The van der Waals surface area contributed by atoms with Crippen molar-refractivity contribution in [2.75, 3.05) is 13.2 Å². The molecule has 0 atom stereocenters. The Morgan fingerprint density at radius 2 is 1.94 bits per heavy atom. The summed E-state index contributed by atoms with van der Waals surface area (Å²) in [6.07, 6.45) is 5.12. The largest absolute Gasteiger partial charge is 0.271 e. The summed E-state index contributed by atoms with van der Waals surface area (Å²) in [6, 6.07) is 5.14. The van der Waals surface area contributed by atoms with Crippen LogP contribution in [0.3, 0.4) is 0 Å². The van der Waals surface area contributed by atoms with E-state index in [9.17, 15) is 4.79 Å². The summed E-state index contributed by atoms with van der Waals surface area (Å²) in [5.74, 6) is -0.161. The Balaban J connectivity index is 2.03. The average Bonchev–Trinajstić information content (AvgIpc) is 2.36. The van der Waals surface area contributed by atoms with Gasteiger partial charge in [-0.25, -0.2) is 5.06 Å². The molecule has 1 aromatic rings. The lowest BCUT2D eigenvalue weighted by Crippen LogP contribution is -2.34. The van der Waals surface area contributed by atoms with Crippen molar-refractivity contribution in [3.8, 4) is 0 Å². The third-order valence-electron chi connectivity index (χ3n) is 2.55. The van der Waals surface area contributed by atoms with Crippen LogP contribution in [0.1, 0.15) is 18.4 Å². The van der Waals surface area contributed by atoms with Crippen LogP contribution >= 0.6 is 23.2 Å². The van der Waals surface area contributed by atoms with E-state index in [1.54, 1.807) is 24.3 Å². The zero-order chi connectivity index (χ0) is 13.0. The molecule has 1 aliphatic rings. The summed E-state index contributed by atoms with van der Waals surface area (Å²) in [5, 5.41) is 2.47. The van der Waals surface area contributed by atoms with Crippen LogP contribution < -0.4 is 0 Å². The highest BCUT2D eigenvalue weighted by molar-refractivity contribution is 6.34. The van der Waals surface area contributed by atoms with Gasteiger partial charge in [0, 0.05) is 22.7 Å². The van der Waals surface area contributed by atoms with E-state index in [-0.39, 0.29) is 5.91 Å². The van der Waals surface area contributed by atoms with Crippen molar-refractivity contribution >= 4 is 35.2 Å². The summed E-state index contributed by atoms with van der Waals surface area (Å²) in [7, 11) is 0. The zero-order valence-electron chi connectivity index (χ0n) is 9.73. The summed E-state index contributed by atoms with van der Waals surface area (Å²) in [5.41, 5.74) is 0.790. The number of rotatable bonds is 2. The van der Waals surface area contributed by atoms with Gasteiger partial charge in [-0.3, -0.25) is 9.63 Å². The van der Waals surface area contributed by atoms with Gasteiger partial charge in [-0.1, -0.05) is 23.2 Å². The minimum absolute atomic E-state index is 0.161. The van der Waals surface area contributed by atoms with Crippen molar-refractivity contribution in [2.24, 2.45) is 0 Å². The number of carbonyl (C=O) groups is 1. The van der Waals surface area contributed by atoms with Crippen LogP contribution in [-0.2, 0) is 9.63 Å². The molecule has 3 nitrogen and oxygen atoms in total. The number of benzene rings is 1. The first-order valence-electron chi connectivity index (χ1n) is 5.74. The van der Waals surface area contributed by atoms with Gasteiger partial charge in [-0.2, -0.15) is 0 Å². The van der Waals surface area contributed by atoms with E-state index in [4.69, 9.17) is 28.0 Å². The third-order valence-corrected chi connectivity index (χ3v) is 2.99. The first-order valence-corrected chi connectivity index (χ1v) is 6.49. The molecular formula is C13H13Cl2NO2. The molecule has 0 aliphatic carbocycles. The lowest BCUT2D eigenvalue weighted by molar-refractivity contribution is -0.191. The van der Waals surface area contributed by atoms with Gasteiger partial charge in [0.2, 0.25) is 0 Å². The fourth-order valence-electron chi connectivity index (χ4n) is 1.69. The van der Waals surface area contributed by atoms with E-state index in [1.807, 2.05) is 0 Å². The molecule has 18 heavy (non-hydrogen) atoms. The summed E-state index contributed by atoms with van der Waals surface area (Å²) < 4.78 is 0. The number of nitrogens with zero attached hydrogens (tertiary/aromatic N) is 1. The van der Waals surface area contributed by atoms with E-state index < -0.39 is 0 Å². The summed E-state index contributed by atoms with van der Waals surface area (Å²) in [4.78, 5) is 17.0. The molecule has 1 aliphatic heterocycles. The maximum atomic E-state index is 11.8. The minimum Gasteiger partial charge on any atom is -0.271 e. The van der Waals surface area contributed by atoms with Crippen molar-refractivity contribution in [2.45, 2.75) is 12.8 Å². The molecule has 0 spiro atoms. The molecule has 5 heteroatoms. The first kappa shape index (κ1) is 13.4. The van der Waals surface area contributed by atoms with Gasteiger partial charge >= 0.3 is 0 Å². The monoisotopic (exact) mass is 285 g/mol. The van der Waals surface area contributed by atoms with Crippen LogP contribution in [0.5, 0.6) is 0 Å². The van der Waals surface area contributed by atoms with Crippen molar-refractivity contribution in [3.63, 3.8) is 0 Å². The molecule has 0 aromatic heterocycles. The van der Waals surface area contributed by atoms with Crippen LogP contribution in [0.2, 0.25) is 10.0 Å². The fourth-order valence-corrected chi connectivity index (χ4v) is 2.24. The van der Waals surface area contributed by atoms with E-state index in [1.165, 1.54) is 11.1 Å².